The zero-order valence-electron chi connectivity index (χ0n) is 16.0. The Morgan fingerprint density at radius 2 is 1.61 bits per heavy atom. The highest BCUT2D eigenvalue weighted by molar-refractivity contribution is 6.30. The molecule has 0 spiro atoms. The maximum Gasteiger partial charge on any atom is 0.233 e. The summed E-state index contributed by atoms with van der Waals surface area (Å²) in [5.74, 6) is 1.08. The van der Waals surface area contributed by atoms with Crippen molar-refractivity contribution in [3.05, 3.63) is 64.7 Å². The second-order valence-electron chi connectivity index (χ2n) is 7.75. The summed E-state index contributed by atoms with van der Waals surface area (Å²) in [7, 11) is 1.61. The number of nitrogens with zero attached hydrogens (tertiary/aromatic N) is 1. The summed E-state index contributed by atoms with van der Waals surface area (Å²) < 4.78 is 5.15. The van der Waals surface area contributed by atoms with E-state index in [4.69, 9.17) is 16.3 Å². The Hall–Kier alpha value is -2.33. The average molecular weight is 398 g/mol. The van der Waals surface area contributed by atoms with Gasteiger partial charge in [-0.1, -0.05) is 23.7 Å². The van der Waals surface area contributed by atoms with Gasteiger partial charge in [-0.2, -0.15) is 0 Å². The molecule has 0 unspecified atom stereocenters. The quantitative estimate of drug-likeness (QED) is 0.698. The minimum Gasteiger partial charge on any atom is -0.497 e. The van der Waals surface area contributed by atoms with Gasteiger partial charge >= 0.3 is 0 Å². The maximum atomic E-state index is 13.2. The summed E-state index contributed by atoms with van der Waals surface area (Å²) in [5.41, 5.74) is 1.39. The van der Waals surface area contributed by atoms with E-state index in [9.17, 15) is 9.59 Å². The number of ether oxygens (including phenoxy) is 1. The molecule has 1 amide bonds. The highest BCUT2D eigenvalue weighted by atomic mass is 35.5. The molecule has 146 valence electrons. The predicted molar refractivity (Wildman–Crippen MR) is 109 cm³/mol. The lowest BCUT2D eigenvalue weighted by molar-refractivity contribution is -0.135. The standard InChI is InChI=1S/C23H24ClNO3/c1-28-20-8-2-16(3-9-20)21(26)17-10-14-25(15-11-17)22(27)23(12-13-23)18-4-6-19(24)7-5-18/h2-9,17H,10-15H2,1H3. The Labute approximate surface area is 170 Å². The van der Waals surface area contributed by atoms with Crippen molar-refractivity contribution < 1.29 is 14.3 Å². The third-order valence-corrected chi connectivity index (χ3v) is 6.34. The van der Waals surface area contributed by atoms with Gasteiger partial charge in [0.1, 0.15) is 5.75 Å². The summed E-state index contributed by atoms with van der Waals surface area (Å²) in [6.07, 6.45) is 3.21. The van der Waals surface area contributed by atoms with Crippen molar-refractivity contribution >= 4 is 23.3 Å². The zero-order valence-corrected chi connectivity index (χ0v) is 16.7. The van der Waals surface area contributed by atoms with Crippen LogP contribution in [0.2, 0.25) is 5.02 Å². The summed E-state index contributed by atoms with van der Waals surface area (Å²) in [5, 5.41) is 0.685. The van der Waals surface area contributed by atoms with Crippen LogP contribution >= 0.6 is 11.6 Å². The molecule has 1 saturated carbocycles. The number of likely N-dealkylation sites (tertiary alicyclic amines) is 1. The predicted octanol–water partition coefficient (Wildman–Crippen LogP) is 4.50. The Bertz CT molecular complexity index is 864. The minimum absolute atomic E-state index is 0.0249. The Kier molecular flexibility index (Phi) is 5.15. The van der Waals surface area contributed by atoms with Crippen LogP contribution in [-0.4, -0.2) is 36.8 Å². The first-order valence-corrected chi connectivity index (χ1v) is 10.1. The normalized spacial score (nSPS) is 18.6. The molecule has 0 radical (unpaired) electrons. The summed E-state index contributed by atoms with van der Waals surface area (Å²) in [6, 6.07) is 14.9. The third kappa shape index (κ3) is 3.53. The van der Waals surface area contributed by atoms with Crippen molar-refractivity contribution in [3.8, 4) is 5.75 Å². The molecule has 1 heterocycles. The van der Waals surface area contributed by atoms with Crippen molar-refractivity contribution in [1.82, 2.24) is 4.90 Å². The van der Waals surface area contributed by atoms with E-state index in [1.807, 2.05) is 53.4 Å². The number of amides is 1. The number of ketones is 1. The van der Waals surface area contributed by atoms with Crippen LogP contribution in [0.5, 0.6) is 5.75 Å². The largest absolute Gasteiger partial charge is 0.497 e. The summed E-state index contributed by atoms with van der Waals surface area (Å²) in [6.45, 7) is 1.28. The molecule has 1 aliphatic carbocycles. The molecule has 1 aliphatic heterocycles. The Morgan fingerprint density at radius 1 is 1.00 bits per heavy atom. The molecule has 1 saturated heterocycles. The molecule has 28 heavy (non-hydrogen) atoms. The van der Waals surface area contributed by atoms with Crippen LogP contribution < -0.4 is 4.74 Å². The number of benzene rings is 2. The van der Waals surface area contributed by atoms with Gasteiger partial charge in [0.25, 0.3) is 0 Å². The highest BCUT2D eigenvalue weighted by Crippen LogP contribution is 2.50. The summed E-state index contributed by atoms with van der Waals surface area (Å²) in [4.78, 5) is 27.9. The first kappa shape index (κ1) is 19.0. The van der Waals surface area contributed by atoms with Gasteiger partial charge in [-0.15, -0.1) is 0 Å². The van der Waals surface area contributed by atoms with Gasteiger partial charge in [0, 0.05) is 29.6 Å². The average Bonchev–Trinajstić information content (AvgIpc) is 3.55. The van der Waals surface area contributed by atoms with E-state index in [0.717, 1.165) is 24.2 Å². The van der Waals surface area contributed by atoms with E-state index in [1.54, 1.807) is 7.11 Å². The number of methoxy groups -OCH3 is 1. The monoisotopic (exact) mass is 397 g/mol. The molecule has 2 aromatic rings. The van der Waals surface area contributed by atoms with E-state index >= 15 is 0 Å². The lowest BCUT2D eigenvalue weighted by atomic mass is 9.87. The van der Waals surface area contributed by atoms with Crippen LogP contribution in [0.25, 0.3) is 0 Å². The molecule has 0 atom stereocenters. The van der Waals surface area contributed by atoms with Gasteiger partial charge in [0.05, 0.1) is 12.5 Å². The number of carbonyl (C=O) groups is 2. The van der Waals surface area contributed by atoms with E-state index in [2.05, 4.69) is 0 Å². The number of rotatable bonds is 5. The molecular formula is C23H24ClNO3. The van der Waals surface area contributed by atoms with Gasteiger partial charge < -0.3 is 9.64 Å². The van der Waals surface area contributed by atoms with Crippen LogP contribution in [-0.2, 0) is 10.2 Å². The molecule has 2 aromatic carbocycles. The minimum atomic E-state index is -0.378. The molecule has 4 nitrogen and oxygen atoms in total. The maximum absolute atomic E-state index is 13.2. The molecular weight excluding hydrogens is 374 g/mol. The van der Waals surface area contributed by atoms with E-state index < -0.39 is 0 Å². The van der Waals surface area contributed by atoms with E-state index in [0.29, 0.717) is 36.5 Å². The number of carbonyl (C=O) groups excluding carboxylic acids is 2. The SMILES string of the molecule is COc1ccc(C(=O)C2CCN(C(=O)C3(c4ccc(Cl)cc4)CC3)CC2)cc1. The fraction of sp³-hybridized carbons (Fsp3) is 0.391. The highest BCUT2D eigenvalue weighted by Gasteiger charge is 2.53. The van der Waals surface area contributed by atoms with Crippen LogP contribution in [0.3, 0.4) is 0 Å². The Balaban J connectivity index is 1.39. The number of Topliss-reactive ketones (excluding diaryl/α,β-unsaturated/α-hetero) is 1. The lowest BCUT2D eigenvalue weighted by Crippen LogP contribution is -2.45. The van der Waals surface area contributed by atoms with Crippen molar-refractivity contribution in [2.75, 3.05) is 20.2 Å². The molecule has 0 N–H and O–H groups in total. The topological polar surface area (TPSA) is 46.6 Å². The third-order valence-electron chi connectivity index (χ3n) is 6.08. The van der Waals surface area contributed by atoms with Gasteiger partial charge in [0.15, 0.2) is 5.78 Å². The van der Waals surface area contributed by atoms with Crippen molar-refractivity contribution in [2.45, 2.75) is 31.1 Å². The molecule has 4 rings (SSSR count). The van der Waals surface area contributed by atoms with Gasteiger partial charge in [-0.3, -0.25) is 9.59 Å². The number of hydrogen-bond acceptors (Lipinski definition) is 3. The number of piperidine rings is 1. The molecule has 2 fully saturated rings. The molecule has 2 aliphatic rings. The molecule has 0 bridgehead atoms. The second kappa shape index (κ2) is 7.59. The second-order valence-corrected chi connectivity index (χ2v) is 8.18. The van der Waals surface area contributed by atoms with Crippen LogP contribution in [0.15, 0.2) is 48.5 Å². The fourth-order valence-corrected chi connectivity index (χ4v) is 4.28. The van der Waals surface area contributed by atoms with Crippen LogP contribution in [0, 0.1) is 5.92 Å². The fourth-order valence-electron chi connectivity index (χ4n) is 4.16. The van der Waals surface area contributed by atoms with Gasteiger partial charge in [-0.05, 0) is 67.6 Å². The van der Waals surface area contributed by atoms with Gasteiger partial charge in [-0.25, -0.2) is 0 Å². The lowest BCUT2D eigenvalue weighted by Gasteiger charge is -2.34. The van der Waals surface area contributed by atoms with Crippen LogP contribution in [0.4, 0.5) is 0 Å². The Morgan fingerprint density at radius 3 is 2.14 bits per heavy atom. The number of hydrogen-bond donors (Lipinski definition) is 0. The molecule has 0 aromatic heterocycles. The van der Waals surface area contributed by atoms with Crippen molar-refractivity contribution in [1.29, 1.82) is 0 Å². The van der Waals surface area contributed by atoms with Crippen molar-refractivity contribution in [2.24, 2.45) is 5.92 Å². The summed E-state index contributed by atoms with van der Waals surface area (Å²) >= 11 is 5.99. The molecule has 5 heteroatoms. The zero-order chi connectivity index (χ0) is 19.7. The van der Waals surface area contributed by atoms with Crippen LogP contribution in [0.1, 0.15) is 41.6 Å². The van der Waals surface area contributed by atoms with E-state index in [-0.39, 0.29) is 23.0 Å². The smallest absolute Gasteiger partial charge is 0.233 e. The van der Waals surface area contributed by atoms with Crippen molar-refractivity contribution in [3.63, 3.8) is 0 Å². The first-order valence-electron chi connectivity index (χ1n) is 9.77. The van der Waals surface area contributed by atoms with E-state index in [1.165, 1.54) is 0 Å². The van der Waals surface area contributed by atoms with Gasteiger partial charge in [0.2, 0.25) is 5.91 Å². The number of halogens is 1. The first-order chi connectivity index (χ1) is 13.5.